The number of benzene rings is 2. The molecule has 0 saturated carbocycles. The number of anilines is 1. The van der Waals surface area contributed by atoms with E-state index in [1.165, 1.54) is 32.3 Å². The number of hydrogen-bond donors (Lipinski definition) is 1. The van der Waals surface area contributed by atoms with Crippen LogP contribution >= 0.6 is 0 Å². The minimum absolute atomic E-state index is 0.0417. The number of halogens is 2. The first-order valence-electron chi connectivity index (χ1n) is 9.30. The fourth-order valence-electron chi connectivity index (χ4n) is 3.12. The van der Waals surface area contributed by atoms with E-state index in [2.05, 4.69) is 10.3 Å². The summed E-state index contributed by atoms with van der Waals surface area (Å²) >= 11 is 0. The second kappa shape index (κ2) is 8.49. The molecule has 1 N–H and O–H groups in total. The predicted octanol–water partition coefficient (Wildman–Crippen LogP) is 3.16. The molecule has 0 aliphatic carbocycles. The van der Waals surface area contributed by atoms with Crippen molar-refractivity contribution < 1.29 is 22.0 Å². The van der Waals surface area contributed by atoms with E-state index >= 15 is 0 Å². The van der Waals surface area contributed by atoms with Crippen LogP contribution in [-0.2, 0) is 27.8 Å². The SMILES string of the molecule is CCn1c(CCC(=O)Nc2c(F)cccc2F)nc2cc(S(=O)(=O)N(C)C)ccc21. The number of imidazole rings is 1. The van der Waals surface area contributed by atoms with Gasteiger partial charge in [-0.25, -0.2) is 26.5 Å². The van der Waals surface area contributed by atoms with Gasteiger partial charge in [0.15, 0.2) is 0 Å². The number of fused-ring (bicyclic) bond motifs is 1. The van der Waals surface area contributed by atoms with Gasteiger partial charge in [-0.2, -0.15) is 0 Å². The lowest BCUT2D eigenvalue weighted by molar-refractivity contribution is -0.116. The van der Waals surface area contributed by atoms with Gasteiger partial charge < -0.3 is 9.88 Å². The Morgan fingerprint density at radius 2 is 1.83 bits per heavy atom. The van der Waals surface area contributed by atoms with Gasteiger partial charge >= 0.3 is 0 Å². The van der Waals surface area contributed by atoms with Crippen molar-refractivity contribution in [2.24, 2.45) is 0 Å². The predicted molar refractivity (Wildman–Crippen MR) is 110 cm³/mol. The van der Waals surface area contributed by atoms with Gasteiger partial charge in [-0.15, -0.1) is 0 Å². The highest BCUT2D eigenvalue weighted by atomic mass is 32.2. The fourth-order valence-corrected chi connectivity index (χ4v) is 4.04. The monoisotopic (exact) mass is 436 g/mol. The molecule has 0 saturated heterocycles. The number of carbonyl (C=O) groups is 1. The molecule has 0 radical (unpaired) electrons. The molecule has 30 heavy (non-hydrogen) atoms. The molecule has 1 heterocycles. The molecule has 0 aliphatic rings. The van der Waals surface area contributed by atoms with Crippen molar-refractivity contribution in [2.75, 3.05) is 19.4 Å². The number of hydrogen-bond acceptors (Lipinski definition) is 4. The van der Waals surface area contributed by atoms with E-state index in [0.717, 1.165) is 22.0 Å². The van der Waals surface area contributed by atoms with Gasteiger partial charge in [-0.05, 0) is 37.3 Å². The summed E-state index contributed by atoms with van der Waals surface area (Å²) in [5, 5.41) is 2.25. The van der Waals surface area contributed by atoms with Crippen molar-refractivity contribution in [1.29, 1.82) is 0 Å². The molecule has 3 aromatic rings. The number of aromatic nitrogens is 2. The van der Waals surface area contributed by atoms with Crippen molar-refractivity contribution in [1.82, 2.24) is 13.9 Å². The van der Waals surface area contributed by atoms with Crippen LogP contribution in [0.25, 0.3) is 11.0 Å². The number of nitrogens with one attached hydrogen (secondary N) is 1. The first-order valence-corrected chi connectivity index (χ1v) is 10.7. The quantitative estimate of drug-likeness (QED) is 0.617. The Hall–Kier alpha value is -2.85. The standard InChI is InChI=1S/C20H22F2N4O3S/c1-4-26-17-9-8-13(30(28,29)25(2)3)12-16(17)23-18(26)10-11-19(27)24-20-14(21)6-5-7-15(20)22/h5-9,12H,4,10-11H2,1-3H3,(H,24,27). The zero-order valence-electron chi connectivity index (χ0n) is 16.8. The molecular formula is C20H22F2N4O3S. The maximum absolute atomic E-state index is 13.7. The van der Waals surface area contributed by atoms with Crippen molar-refractivity contribution in [3.63, 3.8) is 0 Å². The van der Waals surface area contributed by atoms with E-state index in [1.807, 2.05) is 11.5 Å². The zero-order chi connectivity index (χ0) is 22.1. The minimum Gasteiger partial charge on any atom is -0.328 e. The Morgan fingerprint density at radius 1 is 1.17 bits per heavy atom. The highest BCUT2D eigenvalue weighted by Gasteiger charge is 2.20. The van der Waals surface area contributed by atoms with Gasteiger partial charge in [-0.1, -0.05) is 6.07 Å². The van der Waals surface area contributed by atoms with E-state index in [1.54, 1.807) is 6.07 Å². The van der Waals surface area contributed by atoms with Crippen LogP contribution in [0.1, 0.15) is 19.2 Å². The summed E-state index contributed by atoms with van der Waals surface area (Å²) < 4.78 is 55.1. The number of nitrogens with zero attached hydrogens (tertiary/aromatic N) is 3. The highest BCUT2D eigenvalue weighted by Crippen LogP contribution is 2.23. The molecule has 1 amide bonds. The Kier molecular flexibility index (Phi) is 6.18. The van der Waals surface area contributed by atoms with Crippen LogP contribution in [0, 0.1) is 11.6 Å². The summed E-state index contributed by atoms with van der Waals surface area (Å²) in [6, 6.07) is 8.04. The molecule has 0 bridgehead atoms. The van der Waals surface area contributed by atoms with Crippen LogP contribution in [0.15, 0.2) is 41.3 Å². The molecule has 2 aromatic carbocycles. The zero-order valence-corrected chi connectivity index (χ0v) is 17.6. The van der Waals surface area contributed by atoms with Crippen LogP contribution in [0.3, 0.4) is 0 Å². The number of aryl methyl sites for hydroxylation is 2. The molecule has 10 heteroatoms. The first kappa shape index (κ1) is 21.8. The summed E-state index contributed by atoms with van der Waals surface area (Å²) in [4.78, 5) is 16.8. The smallest absolute Gasteiger partial charge is 0.242 e. The Labute approximate surface area is 173 Å². The topological polar surface area (TPSA) is 84.3 Å². The highest BCUT2D eigenvalue weighted by molar-refractivity contribution is 7.89. The molecule has 0 atom stereocenters. The van der Waals surface area contributed by atoms with Crippen LogP contribution < -0.4 is 5.32 Å². The minimum atomic E-state index is -3.60. The largest absolute Gasteiger partial charge is 0.328 e. The molecule has 0 spiro atoms. The van der Waals surface area contributed by atoms with E-state index in [4.69, 9.17) is 0 Å². The average Bonchev–Trinajstić information content (AvgIpc) is 3.05. The third kappa shape index (κ3) is 4.19. The number of rotatable bonds is 7. The maximum atomic E-state index is 13.7. The van der Waals surface area contributed by atoms with E-state index in [9.17, 15) is 22.0 Å². The van der Waals surface area contributed by atoms with Gasteiger partial charge in [0.05, 0.1) is 15.9 Å². The van der Waals surface area contributed by atoms with Crippen molar-refractivity contribution >= 4 is 32.7 Å². The van der Waals surface area contributed by atoms with Gasteiger partial charge in [0.1, 0.15) is 23.1 Å². The summed E-state index contributed by atoms with van der Waals surface area (Å²) in [5.74, 6) is -1.67. The molecule has 3 rings (SSSR count). The molecular weight excluding hydrogens is 414 g/mol. The summed E-state index contributed by atoms with van der Waals surface area (Å²) in [7, 11) is -0.696. The Balaban J connectivity index is 1.83. The number of amides is 1. The number of carbonyl (C=O) groups excluding carboxylic acids is 1. The van der Waals surface area contributed by atoms with E-state index < -0.39 is 33.3 Å². The lowest BCUT2D eigenvalue weighted by Gasteiger charge is -2.11. The Morgan fingerprint density at radius 3 is 2.43 bits per heavy atom. The lowest BCUT2D eigenvalue weighted by atomic mass is 10.2. The van der Waals surface area contributed by atoms with E-state index in [-0.39, 0.29) is 17.7 Å². The van der Waals surface area contributed by atoms with Crippen LogP contribution in [0.2, 0.25) is 0 Å². The molecule has 0 fully saturated rings. The molecule has 0 unspecified atom stereocenters. The number of para-hydroxylation sites is 1. The maximum Gasteiger partial charge on any atom is 0.242 e. The van der Waals surface area contributed by atoms with Gasteiger partial charge in [0.2, 0.25) is 15.9 Å². The molecule has 7 nitrogen and oxygen atoms in total. The third-order valence-corrected chi connectivity index (χ3v) is 6.51. The van der Waals surface area contributed by atoms with Crippen molar-refractivity contribution in [3.05, 3.63) is 53.9 Å². The number of sulfonamides is 1. The fraction of sp³-hybridized carbons (Fsp3) is 0.300. The van der Waals surface area contributed by atoms with Crippen molar-refractivity contribution in [2.45, 2.75) is 31.2 Å². The van der Waals surface area contributed by atoms with Crippen molar-refractivity contribution in [3.8, 4) is 0 Å². The normalized spacial score (nSPS) is 11.9. The van der Waals surface area contributed by atoms with E-state index in [0.29, 0.717) is 17.9 Å². The Bertz CT molecular complexity index is 1190. The first-order chi connectivity index (χ1) is 14.1. The third-order valence-electron chi connectivity index (χ3n) is 4.70. The summed E-state index contributed by atoms with van der Waals surface area (Å²) in [6.45, 7) is 2.47. The second-order valence-electron chi connectivity index (χ2n) is 6.86. The average molecular weight is 436 g/mol. The molecule has 160 valence electrons. The molecule has 1 aromatic heterocycles. The van der Waals surface area contributed by atoms with Gasteiger partial charge in [0.25, 0.3) is 0 Å². The van der Waals surface area contributed by atoms with Gasteiger partial charge in [0, 0.05) is 33.5 Å². The van der Waals surface area contributed by atoms with Crippen LogP contribution in [-0.4, -0.2) is 42.3 Å². The van der Waals surface area contributed by atoms with Crippen LogP contribution in [0.5, 0.6) is 0 Å². The second-order valence-corrected chi connectivity index (χ2v) is 9.01. The van der Waals surface area contributed by atoms with Gasteiger partial charge in [-0.3, -0.25) is 4.79 Å². The summed E-state index contributed by atoms with van der Waals surface area (Å²) in [6.07, 6.45) is 0.181. The molecule has 0 aliphatic heterocycles. The van der Waals surface area contributed by atoms with Crippen LogP contribution in [0.4, 0.5) is 14.5 Å². The summed E-state index contributed by atoms with van der Waals surface area (Å²) in [5.41, 5.74) is 0.756. The lowest BCUT2D eigenvalue weighted by Crippen LogP contribution is -2.22.